The maximum absolute atomic E-state index is 11.8. The summed E-state index contributed by atoms with van der Waals surface area (Å²) in [5, 5.41) is 13.3. The quantitative estimate of drug-likeness (QED) is 0.766. The summed E-state index contributed by atoms with van der Waals surface area (Å²) in [6, 6.07) is 0.267. The largest absolute Gasteiger partial charge is 0.388 e. The summed E-state index contributed by atoms with van der Waals surface area (Å²) >= 11 is 0. The monoisotopic (exact) mass is 242 g/mol. The second-order valence-corrected chi connectivity index (χ2v) is 5.27. The normalized spacial score (nSPS) is 23.9. The molecule has 0 radical (unpaired) electrons. The van der Waals surface area contributed by atoms with Gasteiger partial charge < -0.3 is 20.1 Å². The third-order valence-corrected chi connectivity index (χ3v) is 3.73. The molecule has 0 bridgehead atoms. The van der Waals surface area contributed by atoms with Gasteiger partial charge in [-0.25, -0.2) is 4.79 Å². The molecule has 2 aliphatic rings. The van der Waals surface area contributed by atoms with Gasteiger partial charge in [0.05, 0.1) is 12.1 Å². The summed E-state index contributed by atoms with van der Waals surface area (Å²) in [5.41, 5.74) is -0.774. The number of carbonyl (C=O) groups excluding carboxylic acids is 1. The van der Waals surface area contributed by atoms with E-state index in [2.05, 4.69) is 5.32 Å². The van der Waals surface area contributed by atoms with Crippen molar-refractivity contribution >= 4 is 6.03 Å². The minimum absolute atomic E-state index is 0.0744. The lowest BCUT2D eigenvalue weighted by Crippen LogP contribution is -2.52. The minimum atomic E-state index is -0.774. The Bertz CT molecular complexity index is 273. The molecule has 2 N–H and O–H groups in total. The van der Waals surface area contributed by atoms with E-state index in [1.165, 1.54) is 6.42 Å². The molecule has 0 unspecified atom stereocenters. The lowest BCUT2D eigenvalue weighted by atomic mass is 9.93. The van der Waals surface area contributed by atoms with Gasteiger partial charge in [-0.1, -0.05) is 0 Å². The van der Waals surface area contributed by atoms with Crippen molar-refractivity contribution in [2.24, 2.45) is 0 Å². The molecule has 1 aliphatic heterocycles. The first-order valence-corrected chi connectivity index (χ1v) is 6.41. The van der Waals surface area contributed by atoms with Gasteiger partial charge in [-0.05, 0) is 19.3 Å². The fourth-order valence-corrected chi connectivity index (χ4v) is 2.26. The van der Waals surface area contributed by atoms with Crippen LogP contribution in [-0.4, -0.2) is 54.5 Å². The van der Waals surface area contributed by atoms with Crippen LogP contribution in [0.4, 0.5) is 4.79 Å². The highest BCUT2D eigenvalue weighted by molar-refractivity contribution is 5.74. The number of ether oxygens (including phenoxy) is 1. The Balaban J connectivity index is 1.78. The van der Waals surface area contributed by atoms with Crippen LogP contribution in [0.15, 0.2) is 0 Å². The molecular weight excluding hydrogens is 220 g/mol. The van der Waals surface area contributed by atoms with Crippen LogP contribution in [0.25, 0.3) is 0 Å². The highest BCUT2D eigenvalue weighted by atomic mass is 16.5. The van der Waals surface area contributed by atoms with Crippen molar-refractivity contribution < 1.29 is 14.6 Å². The number of aliphatic hydroxyl groups is 1. The van der Waals surface area contributed by atoms with Crippen molar-refractivity contribution in [1.29, 1.82) is 0 Å². The molecule has 5 heteroatoms. The average Bonchev–Trinajstić information content (AvgIpc) is 2.23. The summed E-state index contributed by atoms with van der Waals surface area (Å²) in [4.78, 5) is 13.4. The number of urea groups is 1. The topological polar surface area (TPSA) is 61.8 Å². The standard InChI is InChI=1S/C12H22N2O3/c1-14(11(15)13-10-3-2-4-10)9-12(16)5-7-17-8-6-12/h10,16H,2-9H2,1H3,(H,13,15). The van der Waals surface area contributed by atoms with Gasteiger partial charge in [-0.2, -0.15) is 0 Å². The molecule has 1 saturated heterocycles. The van der Waals surface area contributed by atoms with Crippen LogP contribution >= 0.6 is 0 Å². The van der Waals surface area contributed by atoms with Crippen LogP contribution in [0.2, 0.25) is 0 Å². The van der Waals surface area contributed by atoms with Gasteiger partial charge in [-0.3, -0.25) is 0 Å². The number of carbonyl (C=O) groups is 1. The number of rotatable bonds is 3. The molecule has 2 amide bonds. The van der Waals surface area contributed by atoms with Gasteiger partial charge >= 0.3 is 6.03 Å². The van der Waals surface area contributed by atoms with Gasteiger partial charge in [-0.15, -0.1) is 0 Å². The van der Waals surface area contributed by atoms with E-state index in [0.29, 0.717) is 38.6 Å². The summed E-state index contributed by atoms with van der Waals surface area (Å²) in [6.45, 7) is 1.54. The molecule has 0 aromatic heterocycles. The van der Waals surface area contributed by atoms with E-state index in [0.717, 1.165) is 12.8 Å². The summed E-state index contributed by atoms with van der Waals surface area (Å²) in [5.74, 6) is 0. The Morgan fingerprint density at radius 3 is 2.65 bits per heavy atom. The highest BCUT2D eigenvalue weighted by Gasteiger charge is 2.33. The van der Waals surface area contributed by atoms with E-state index in [1.54, 1.807) is 11.9 Å². The molecule has 1 heterocycles. The van der Waals surface area contributed by atoms with Crippen LogP contribution in [0.5, 0.6) is 0 Å². The fraction of sp³-hybridized carbons (Fsp3) is 0.917. The predicted molar refractivity (Wildman–Crippen MR) is 63.8 cm³/mol. The lowest BCUT2D eigenvalue weighted by Gasteiger charge is -2.36. The SMILES string of the molecule is CN(CC1(O)CCOCC1)C(=O)NC1CCC1. The average molecular weight is 242 g/mol. The summed E-state index contributed by atoms with van der Waals surface area (Å²) < 4.78 is 5.22. The Labute approximate surface area is 102 Å². The molecule has 0 spiro atoms. The second kappa shape index (κ2) is 5.23. The van der Waals surface area contributed by atoms with E-state index in [-0.39, 0.29) is 6.03 Å². The number of nitrogens with zero attached hydrogens (tertiary/aromatic N) is 1. The zero-order valence-corrected chi connectivity index (χ0v) is 10.4. The molecule has 2 rings (SSSR count). The number of nitrogens with one attached hydrogen (secondary N) is 1. The van der Waals surface area contributed by atoms with Crippen LogP contribution in [-0.2, 0) is 4.74 Å². The molecule has 17 heavy (non-hydrogen) atoms. The molecule has 1 saturated carbocycles. The molecule has 0 atom stereocenters. The third kappa shape index (κ3) is 3.33. The predicted octanol–water partition coefficient (Wildman–Crippen LogP) is 0.722. The zero-order chi connectivity index (χ0) is 12.3. The number of hydrogen-bond acceptors (Lipinski definition) is 3. The fourth-order valence-electron chi connectivity index (χ4n) is 2.26. The van der Waals surface area contributed by atoms with Gasteiger partial charge in [0, 0.05) is 39.1 Å². The van der Waals surface area contributed by atoms with Gasteiger partial charge in [0.2, 0.25) is 0 Å². The molecule has 1 aliphatic carbocycles. The van der Waals surface area contributed by atoms with Crippen molar-refractivity contribution in [3.63, 3.8) is 0 Å². The smallest absolute Gasteiger partial charge is 0.317 e. The maximum Gasteiger partial charge on any atom is 0.317 e. The lowest BCUT2D eigenvalue weighted by molar-refractivity contribution is -0.0723. The molecule has 0 aromatic carbocycles. The Hall–Kier alpha value is -0.810. The first kappa shape index (κ1) is 12.6. The van der Waals surface area contributed by atoms with E-state index < -0.39 is 5.60 Å². The highest BCUT2D eigenvalue weighted by Crippen LogP contribution is 2.22. The first-order chi connectivity index (χ1) is 8.09. The zero-order valence-electron chi connectivity index (χ0n) is 10.4. The van der Waals surface area contributed by atoms with Crippen molar-refractivity contribution in [1.82, 2.24) is 10.2 Å². The van der Waals surface area contributed by atoms with Crippen molar-refractivity contribution in [2.45, 2.75) is 43.7 Å². The Morgan fingerprint density at radius 1 is 1.47 bits per heavy atom. The Kier molecular flexibility index (Phi) is 3.89. The van der Waals surface area contributed by atoms with Crippen molar-refractivity contribution in [2.75, 3.05) is 26.8 Å². The van der Waals surface area contributed by atoms with E-state index in [9.17, 15) is 9.90 Å². The van der Waals surface area contributed by atoms with E-state index in [1.807, 2.05) is 0 Å². The number of amides is 2. The second-order valence-electron chi connectivity index (χ2n) is 5.27. The van der Waals surface area contributed by atoms with Gasteiger partial charge in [0.15, 0.2) is 0 Å². The van der Waals surface area contributed by atoms with Gasteiger partial charge in [0.25, 0.3) is 0 Å². The third-order valence-electron chi connectivity index (χ3n) is 3.73. The summed E-state index contributed by atoms with van der Waals surface area (Å²) in [7, 11) is 1.74. The maximum atomic E-state index is 11.8. The molecular formula is C12H22N2O3. The van der Waals surface area contributed by atoms with E-state index >= 15 is 0 Å². The summed E-state index contributed by atoms with van der Waals surface area (Å²) in [6.07, 6.45) is 4.58. The number of hydrogen-bond donors (Lipinski definition) is 2. The minimum Gasteiger partial charge on any atom is -0.388 e. The number of likely N-dealkylation sites (N-methyl/N-ethyl adjacent to an activating group) is 1. The molecule has 98 valence electrons. The van der Waals surface area contributed by atoms with Crippen LogP contribution in [0.3, 0.4) is 0 Å². The van der Waals surface area contributed by atoms with Crippen LogP contribution in [0, 0.1) is 0 Å². The molecule has 0 aromatic rings. The molecule has 2 fully saturated rings. The van der Waals surface area contributed by atoms with Crippen LogP contribution in [0.1, 0.15) is 32.1 Å². The van der Waals surface area contributed by atoms with Crippen molar-refractivity contribution in [3.05, 3.63) is 0 Å². The Morgan fingerprint density at radius 2 is 2.12 bits per heavy atom. The molecule has 5 nitrogen and oxygen atoms in total. The van der Waals surface area contributed by atoms with Crippen molar-refractivity contribution in [3.8, 4) is 0 Å². The first-order valence-electron chi connectivity index (χ1n) is 6.41. The van der Waals surface area contributed by atoms with E-state index in [4.69, 9.17) is 4.74 Å². The van der Waals surface area contributed by atoms with Gasteiger partial charge in [0.1, 0.15) is 0 Å². The van der Waals surface area contributed by atoms with Crippen LogP contribution < -0.4 is 5.32 Å².